The van der Waals surface area contributed by atoms with Crippen LogP contribution >= 0.6 is 0 Å². The van der Waals surface area contributed by atoms with Gasteiger partial charge in [0.05, 0.1) is 49.2 Å². The predicted octanol–water partition coefficient (Wildman–Crippen LogP) is 1.17. The molecule has 0 radical (unpaired) electrons. The first kappa shape index (κ1) is 30.2. The molecule has 230 valence electrons. The lowest BCUT2D eigenvalue weighted by Gasteiger charge is -2.46. The Balaban J connectivity index is 1.37. The Kier molecular flexibility index (Phi) is 8.46. The maximum atomic E-state index is 14.5. The summed E-state index contributed by atoms with van der Waals surface area (Å²) in [6.07, 6.45) is -8.78. The van der Waals surface area contributed by atoms with Crippen molar-refractivity contribution in [2.24, 2.45) is 23.7 Å². The second-order valence-corrected chi connectivity index (χ2v) is 11.7. The number of nitriles is 1. The van der Waals surface area contributed by atoms with Gasteiger partial charge in [-0.1, -0.05) is 0 Å². The lowest BCUT2D eigenvalue weighted by atomic mass is 9.70. The fraction of sp³-hybridized carbons (Fsp3) is 0.741. The molecule has 5 aliphatic rings. The van der Waals surface area contributed by atoms with E-state index in [1.54, 1.807) is 0 Å². The second kappa shape index (κ2) is 11.8. The number of halogens is 5. The zero-order chi connectivity index (χ0) is 30.3. The van der Waals surface area contributed by atoms with Crippen LogP contribution in [0.15, 0.2) is 11.6 Å². The molecule has 0 aromatic heterocycles. The summed E-state index contributed by atoms with van der Waals surface area (Å²) in [5.41, 5.74) is -0.150. The molecular formula is C27H32F5N5O5. The average Bonchev–Trinajstić information content (AvgIpc) is 3.30. The molecule has 0 bridgehead atoms. The molecule has 42 heavy (non-hydrogen) atoms. The number of hydrogen-bond acceptors (Lipinski definition) is 6. The highest BCUT2D eigenvalue weighted by atomic mass is 19.4. The molecule has 4 fully saturated rings. The summed E-state index contributed by atoms with van der Waals surface area (Å²) in [6.45, 7) is 0.440. The molecular weight excluding hydrogens is 569 g/mol. The third-order valence-corrected chi connectivity index (χ3v) is 9.07. The lowest BCUT2D eigenvalue weighted by Crippen LogP contribution is -2.59. The third kappa shape index (κ3) is 5.95. The van der Waals surface area contributed by atoms with Crippen molar-refractivity contribution >= 4 is 23.6 Å². The molecule has 5 rings (SSSR count). The standard InChI is InChI=1S/C27H32F5N5O5/c28-14-7-16-17(10-21(38)35-23(16)20(29)8-14)25(40)34-15-9-22(39)37(12-15)24-18(26(41)36-1-3-42-4-2-36)5-13(11-33)6-19(24)27(30,31)32/h10,13-16,18-20,23-24H,1-9,12H2,(H,34,40)(H,35,38)/t13?,14?,15-,16?,18?,19?,20?,23?,24?/m1/s1. The van der Waals surface area contributed by atoms with Crippen LogP contribution in [-0.2, 0) is 23.9 Å². The molecule has 3 heterocycles. The van der Waals surface area contributed by atoms with Crippen molar-refractivity contribution in [3.8, 4) is 6.07 Å². The molecule has 4 amide bonds. The third-order valence-electron chi connectivity index (χ3n) is 9.07. The summed E-state index contributed by atoms with van der Waals surface area (Å²) in [6, 6.07) is -1.77. The summed E-state index contributed by atoms with van der Waals surface area (Å²) >= 11 is 0. The van der Waals surface area contributed by atoms with E-state index in [4.69, 9.17) is 4.74 Å². The largest absolute Gasteiger partial charge is 0.393 e. The molecule has 2 saturated carbocycles. The number of ether oxygens (including phenoxy) is 1. The van der Waals surface area contributed by atoms with Gasteiger partial charge < -0.3 is 25.2 Å². The van der Waals surface area contributed by atoms with Crippen molar-refractivity contribution in [3.63, 3.8) is 0 Å². The number of fused-ring (bicyclic) bond motifs is 1. The molecule has 9 atom stereocenters. The first-order valence-corrected chi connectivity index (χ1v) is 14.1. The summed E-state index contributed by atoms with van der Waals surface area (Å²) in [5.74, 6) is -8.25. The van der Waals surface area contributed by atoms with Gasteiger partial charge in [-0.3, -0.25) is 19.2 Å². The summed E-state index contributed by atoms with van der Waals surface area (Å²) in [5, 5.41) is 14.5. The van der Waals surface area contributed by atoms with Crippen molar-refractivity contribution in [1.82, 2.24) is 20.4 Å². The Labute approximate surface area is 238 Å². The van der Waals surface area contributed by atoms with E-state index < -0.39 is 96.8 Å². The van der Waals surface area contributed by atoms with Crippen molar-refractivity contribution in [1.29, 1.82) is 5.26 Å². The Morgan fingerprint density at radius 1 is 1.10 bits per heavy atom. The number of carbonyl (C=O) groups excluding carboxylic acids is 4. The van der Waals surface area contributed by atoms with E-state index in [0.717, 1.165) is 11.0 Å². The van der Waals surface area contributed by atoms with Gasteiger partial charge in [-0.25, -0.2) is 8.78 Å². The van der Waals surface area contributed by atoms with Crippen LogP contribution in [0.2, 0.25) is 0 Å². The van der Waals surface area contributed by atoms with Gasteiger partial charge in [0, 0.05) is 56.0 Å². The molecule has 8 unspecified atom stereocenters. The molecule has 10 nitrogen and oxygen atoms in total. The van der Waals surface area contributed by atoms with Crippen molar-refractivity contribution in [2.45, 2.75) is 68.7 Å². The maximum absolute atomic E-state index is 14.5. The van der Waals surface area contributed by atoms with Crippen LogP contribution in [-0.4, -0.2) is 103 Å². The van der Waals surface area contributed by atoms with Gasteiger partial charge in [0.2, 0.25) is 23.6 Å². The Bertz CT molecular complexity index is 1180. The van der Waals surface area contributed by atoms with Gasteiger partial charge in [-0.2, -0.15) is 18.4 Å². The SMILES string of the molecule is N#CC1CC(C(=O)N2CCOCC2)C(N2C[C@H](NC(=O)C3=CC(=O)NC4C(F)CC(F)CC34)CC2=O)C(C(F)(F)F)C1. The van der Waals surface area contributed by atoms with Crippen LogP contribution in [0.1, 0.15) is 32.1 Å². The summed E-state index contributed by atoms with van der Waals surface area (Å²) in [7, 11) is 0. The van der Waals surface area contributed by atoms with Crippen LogP contribution in [0.3, 0.4) is 0 Å². The van der Waals surface area contributed by atoms with E-state index in [2.05, 4.69) is 10.6 Å². The molecule has 0 aromatic rings. The second-order valence-electron chi connectivity index (χ2n) is 11.7. The van der Waals surface area contributed by atoms with Gasteiger partial charge >= 0.3 is 6.18 Å². The average molecular weight is 602 g/mol. The van der Waals surface area contributed by atoms with Crippen LogP contribution < -0.4 is 10.6 Å². The highest BCUT2D eigenvalue weighted by Crippen LogP contribution is 2.46. The number of carbonyl (C=O) groups is 4. The van der Waals surface area contributed by atoms with Crippen molar-refractivity contribution < 1.29 is 45.9 Å². The van der Waals surface area contributed by atoms with E-state index in [9.17, 15) is 46.4 Å². The fourth-order valence-corrected chi connectivity index (χ4v) is 7.15. The molecule has 3 aliphatic heterocycles. The monoisotopic (exact) mass is 601 g/mol. The Hall–Kier alpha value is -3.28. The minimum atomic E-state index is -4.81. The molecule has 0 aromatic carbocycles. The van der Waals surface area contributed by atoms with Gasteiger partial charge in [0.1, 0.15) is 12.3 Å². The highest BCUT2D eigenvalue weighted by Gasteiger charge is 2.57. The smallest absolute Gasteiger partial charge is 0.378 e. The van der Waals surface area contributed by atoms with Crippen molar-refractivity contribution in [3.05, 3.63) is 11.6 Å². The zero-order valence-corrected chi connectivity index (χ0v) is 22.6. The number of rotatable bonds is 4. The van der Waals surface area contributed by atoms with Gasteiger partial charge in [-0.05, 0) is 19.3 Å². The van der Waals surface area contributed by atoms with E-state index in [0.29, 0.717) is 0 Å². The van der Waals surface area contributed by atoms with Crippen molar-refractivity contribution in [2.75, 3.05) is 32.8 Å². The predicted molar refractivity (Wildman–Crippen MR) is 133 cm³/mol. The van der Waals surface area contributed by atoms with Gasteiger partial charge in [0.15, 0.2) is 0 Å². The molecule has 2 saturated heterocycles. The topological polar surface area (TPSA) is 132 Å². The Morgan fingerprint density at radius 3 is 2.48 bits per heavy atom. The quantitative estimate of drug-likeness (QED) is 0.466. The number of alkyl halides is 5. The van der Waals surface area contributed by atoms with E-state index in [-0.39, 0.29) is 57.7 Å². The minimum Gasteiger partial charge on any atom is -0.378 e. The minimum absolute atomic E-state index is 0.148. The van der Waals surface area contributed by atoms with Gasteiger partial charge in [-0.15, -0.1) is 0 Å². The summed E-state index contributed by atoms with van der Waals surface area (Å²) < 4.78 is 77.1. The maximum Gasteiger partial charge on any atom is 0.393 e. The Morgan fingerprint density at radius 2 is 1.81 bits per heavy atom. The molecule has 2 aliphatic carbocycles. The number of likely N-dealkylation sites (tertiary alicyclic amines) is 1. The van der Waals surface area contributed by atoms with E-state index in [1.807, 2.05) is 6.07 Å². The number of nitrogens with zero attached hydrogens (tertiary/aromatic N) is 3. The fourth-order valence-electron chi connectivity index (χ4n) is 7.15. The summed E-state index contributed by atoms with van der Waals surface area (Å²) in [4.78, 5) is 54.5. The molecule has 2 N–H and O–H groups in total. The number of hydrogen-bond donors (Lipinski definition) is 2. The van der Waals surface area contributed by atoms with Gasteiger partial charge in [0.25, 0.3) is 0 Å². The normalized spacial score (nSPS) is 37.3. The van der Waals surface area contributed by atoms with Crippen LogP contribution in [0.5, 0.6) is 0 Å². The van der Waals surface area contributed by atoms with E-state index >= 15 is 0 Å². The molecule has 0 spiro atoms. The first-order valence-electron chi connectivity index (χ1n) is 14.1. The van der Waals surface area contributed by atoms with Crippen LogP contribution in [0.25, 0.3) is 0 Å². The zero-order valence-electron chi connectivity index (χ0n) is 22.6. The van der Waals surface area contributed by atoms with Crippen LogP contribution in [0, 0.1) is 35.0 Å². The highest BCUT2D eigenvalue weighted by molar-refractivity contribution is 6.03. The number of nitrogens with one attached hydrogen (secondary N) is 2. The number of amides is 4. The van der Waals surface area contributed by atoms with E-state index in [1.165, 1.54) is 4.90 Å². The molecule has 15 heteroatoms. The first-order chi connectivity index (χ1) is 19.9. The number of morpholine rings is 1. The lowest BCUT2D eigenvalue weighted by molar-refractivity contribution is -0.209. The van der Waals surface area contributed by atoms with Crippen LogP contribution in [0.4, 0.5) is 22.0 Å².